The van der Waals surface area contributed by atoms with Gasteiger partial charge in [0.2, 0.25) is 5.91 Å². The minimum Gasteiger partial charge on any atom is -0.459 e. The Balaban J connectivity index is 1.84. The minimum absolute atomic E-state index is 0.145. The predicted octanol–water partition coefficient (Wildman–Crippen LogP) is 4.41. The van der Waals surface area contributed by atoms with Crippen molar-refractivity contribution in [3.8, 4) is 0 Å². The predicted molar refractivity (Wildman–Crippen MR) is 108 cm³/mol. The molecule has 29 heavy (non-hydrogen) atoms. The molecule has 0 aromatic heterocycles. The van der Waals surface area contributed by atoms with E-state index in [4.69, 9.17) is 10.3 Å². The Kier molecular flexibility index (Phi) is 6.52. The van der Waals surface area contributed by atoms with Crippen LogP contribution >= 0.6 is 0 Å². The third-order valence-electron chi connectivity index (χ3n) is 4.95. The largest absolute Gasteiger partial charge is 0.459 e. The molecule has 1 amide bonds. The number of azide groups is 1. The van der Waals surface area contributed by atoms with Crippen LogP contribution in [-0.4, -0.2) is 28.9 Å². The molecule has 1 aliphatic rings. The van der Waals surface area contributed by atoms with Gasteiger partial charge in [-0.2, -0.15) is 0 Å². The minimum atomic E-state index is -0.848. The van der Waals surface area contributed by atoms with Crippen molar-refractivity contribution in [2.45, 2.75) is 45.0 Å². The number of hydrogen-bond acceptors (Lipinski definition) is 4. The quantitative estimate of drug-likeness (QED) is 0.219. The highest BCUT2D eigenvalue weighted by Crippen LogP contribution is 2.40. The van der Waals surface area contributed by atoms with Gasteiger partial charge in [0.15, 0.2) is 0 Å². The number of nitrogens with zero attached hydrogens (tertiary/aromatic N) is 4. The second-order valence-corrected chi connectivity index (χ2v) is 7.49. The molecule has 1 fully saturated rings. The summed E-state index contributed by atoms with van der Waals surface area (Å²) in [5.74, 6) is -0.623. The zero-order valence-electron chi connectivity index (χ0n) is 16.5. The summed E-state index contributed by atoms with van der Waals surface area (Å²) in [6.07, 6.45) is 0.464. The Labute approximate surface area is 169 Å². The van der Waals surface area contributed by atoms with Gasteiger partial charge in [-0.15, -0.1) is 0 Å². The Hall–Kier alpha value is -3.31. The lowest BCUT2D eigenvalue weighted by atomic mass is 9.85. The number of likely N-dealkylation sites (tertiary alicyclic amines) is 1. The molecule has 1 heterocycles. The average molecular weight is 392 g/mol. The smallest absolute Gasteiger partial charge is 0.329 e. The van der Waals surface area contributed by atoms with E-state index in [0.29, 0.717) is 6.42 Å². The number of amides is 1. The van der Waals surface area contributed by atoms with E-state index in [1.807, 2.05) is 74.5 Å². The van der Waals surface area contributed by atoms with Crippen LogP contribution in [0.15, 0.2) is 65.8 Å². The molecule has 7 nitrogen and oxygen atoms in total. The van der Waals surface area contributed by atoms with Crippen molar-refractivity contribution in [3.63, 3.8) is 0 Å². The number of esters is 1. The molecule has 7 heteroatoms. The van der Waals surface area contributed by atoms with Gasteiger partial charge in [-0.1, -0.05) is 79.6 Å². The maximum Gasteiger partial charge on any atom is 0.329 e. The molecule has 2 aromatic carbocycles. The molecule has 0 bridgehead atoms. The fourth-order valence-corrected chi connectivity index (χ4v) is 3.60. The molecule has 0 radical (unpaired) electrons. The molecule has 0 aliphatic carbocycles. The Morgan fingerprint density at radius 3 is 2.34 bits per heavy atom. The van der Waals surface area contributed by atoms with Crippen molar-refractivity contribution in [2.24, 2.45) is 11.0 Å². The van der Waals surface area contributed by atoms with Crippen LogP contribution in [0, 0.1) is 5.92 Å². The summed E-state index contributed by atoms with van der Waals surface area (Å²) in [6, 6.07) is 16.7. The summed E-state index contributed by atoms with van der Waals surface area (Å²) in [5.41, 5.74) is 10.6. The van der Waals surface area contributed by atoms with Crippen LogP contribution in [0.5, 0.6) is 0 Å². The highest BCUT2D eigenvalue weighted by atomic mass is 16.5. The molecular formula is C22H24N4O3. The number of ether oxygens (including phenoxy) is 1. The molecule has 1 aliphatic heterocycles. The third kappa shape index (κ3) is 4.58. The van der Waals surface area contributed by atoms with Gasteiger partial charge in [-0.3, -0.25) is 4.79 Å². The lowest BCUT2D eigenvalue weighted by Crippen LogP contribution is -2.63. The van der Waals surface area contributed by atoms with Crippen LogP contribution in [0.2, 0.25) is 0 Å². The average Bonchev–Trinajstić information content (AvgIpc) is 2.74. The lowest BCUT2D eigenvalue weighted by molar-refractivity contribution is -0.169. The zero-order valence-corrected chi connectivity index (χ0v) is 16.5. The van der Waals surface area contributed by atoms with E-state index in [0.717, 1.165) is 11.1 Å². The fraction of sp³-hybridized carbons (Fsp3) is 0.364. The van der Waals surface area contributed by atoms with E-state index in [-0.39, 0.29) is 18.4 Å². The number of benzene rings is 2. The van der Waals surface area contributed by atoms with Crippen molar-refractivity contribution in [2.75, 3.05) is 0 Å². The summed E-state index contributed by atoms with van der Waals surface area (Å²) in [5, 5.41) is 3.67. The maximum absolute atomic E-state index is 13.0. The SMILES string of the molecule is CC(C)C[C@@H](C(=O)OCc1ccccc1)N1C(=O)[C@@H](N=[N+]=[N-])[C@H]1c1ccccc1. The number of carbonyl (C=O) groups excluding carboxylic acids is 2. The summed E-state index contributed by atoms with van der Waals surface area (Å²) in [4.78, 5) is 30.1. The first-order valence-corrected chi connectivity index (χ1v) is 9.64. The monoisotopic (exact) mass is 392 g/mol. The molecule has 0 saturated carbocycles. The summed E-state index contributed by atoms with van der Waals surface area (Å²) >= 11 is 0. The van der Waals surface area contributed by atoms with Gasteiger partial charge in [0.25, 0.3) is 0 Å². The van der Waals surface area contributed by atoms with Crippen LogP contribution < -0.4 is 0 Å². The topological polar surface area (TPSA) is 95.4 Å². The number of rotatable bonds is 8. The van der Waals surface area contributed by atoms with Crippen molar-refractivity contribution in [3.05, 3.63) is 82.2 Å². The highest BCUT2D eigenvalue weighted by molar-refractivity contribution is 5.94. The van der Waals surface area contributed by atoms with E-state index in [1.54, 1.807) is 0 Å². The van der Waals surface area contributed by atoms with Crippen LogP contribution in [0.25, 0.3) is 10.4 Å². The van der Waals surface area contributed by atoms with E-state index in [2.05, 4.69) is 10.0 Å². The van der Waals surface area contributed by atoms with E-state index in [1.165, 1.54) is 4.90 Å². The highest BCUT2D eigenvalue weighted by Gasteiger charge is 2.52. The van der Waals surface area contributed by atoms with Crippen LogP contribution in [0.4, 0.5) is 0 Å². The van der Waals surface area contributed by atoms with Crippen LogP contribution in [-0.2, 0) is 20.9 Å². The molecule has 150 valence electrons. The molecule has 1 saturated heterocycles. The zero-order chi connectivity index (χ0) is 20.8. The van der Waals surface area contributed by atoms with Gasteiger partial charge in [0.1, 0.15) is 18.7 Å². The third-order valence-corrected chi connectivity index (χ3v) is 4.95. The Morgan fingerprint density at radius 1 is 1.14 bits per heavy atom. The van der Waals surface area contributed by atoms with Crippen LogP contribution in [0.3, 0.4) is 0 Å². The van der Waals surface area contributed by atoms with Gasteiger partial charge < -0.3 is 9.64 Å². The van der Waals surface area contributed by atoms with Crippen molar-refractivity contribution in [1.82, 2.24) is 4.90 Å². The van der Waals surface area contributed by atoms with Crippen molar-refractivity contribution >= 4 is 11.9 Å². The fourth-order valence-electron chi connectivity index (χ4n) is 3.60. The van der Waals surface area contributed by atoms with Gasteiger partial charge in [0, 0.05) is 4.91 Å². The first kappa shape index (κ1) is 20.4. The molecule has 2 aromatic rings. The van der Waals surface area contributed by atoms with Crippen molar-refractivity contribution < 1.29 is 14.3 Å². The lowest BCUT2D eigenvalue weighted by Gasteiger charge is -2.49. The normalized spacial score (nSPS) is 19.3. The van der Waals surface area contributed by atoms with Gasteiger partial charge >= 0.3 is 5.97 Å². The number of carbonyl (C=O) groups is 2. The van der Waals surface area contributed by atoms with Gasteiger partial charge in [0.05, 0.1) is 6.04 Å². The molecular weight excluding hydrogens is 368 g/mol. The molecule has 0 spiro atoms. The Bertz CT molecular complexity index is 895. The summed E-state index contributed by atoms with van der Waals surface area (Å²) < 4.78 is 5.54. The molecule has 0 unspecified atom stereocenters. The van der Waals surface area contributed by atoms with Gasteiger partial charge in [-0.05, 0) is 29.0 Å². The number of hydrogen-bond donors (Lipinski definition) is 0. The van der Waals surface area contributed by atoms with E-state index in [9.17, 15) is 9.59 Å². The Morgan fingerprint density at radius 2 is 1.76 bits per heavy atom. The van der Waals surface area contributed by atoms with Crippen LogP contribution in [0.1, 0.15) is 37.4 Å². The second-order valence-electron chi connectivity index (χ2n) is 7.49. The molecule has 0 N–H and O–H groups in total. The first-order valence-electron chi connectivity index (χ1n) is 9.64. The van der Waals surface area contributed by atoms with Gasteiger partial charge in [-0.25, -0.2) is 4.79 Å². The molecule has 3 rings (SSSR count). The van der Waals surface area contributed by atoms with E-state index < -0.39 is 24.1 Å². The standard InChI is InChI=1S/C22H24N4O3/c1-15(2)13-18(22(28)29-14-16-9-5-3-6-10-16)26-20(17-11-7-4-8-12-17)19(21(26)27)24-25-23/h3-12,15,18-20H,13-14H2,1-2H3/t18-,19-,20+/m0/s1. The number of β-lactam (4-membered cyclic amide) rings is 1. The van der Waals surface area contributed by atoms with Crippen molar-refractivity contribution in [1.29, 1.82) is 0 Å². The first-order chi connectivity index (χ1) is 14.0. The summed E-state index contributed by atoms with van der Waals surface area (Å²) in [6.45, 7) is 4.13. The summed E-state index contributed by atoms with van der Waals surface area (Å²) in [7, 11) is 0. The second kappa shape index (κ2) is 9.26. The molecule has 3 atom stereocenters. The maximum atomic E-state index is 13.0. The van der Waals surface area contributed by atoms with E-state index >= 15 is 0 Å².